The molecular formula is C13H22N2OS. The van der Waals surface area contributed by atoms with Crippen LogP contribution in [0.5, 0.6) is 0 Å². The first-order chi connectivity index (χ1) is 8.31. The Hall–Kier alpha value is -0.420. The van der Waals surface area contributed by atoms with E-state index in [2.05, 4.69) is 33.6 Å². The molecule has 3 nitrogen and oxygen atoms in total. The maximum Gasteiger partial charge on any atom is 0.0443 e. The van der Waals surface area contributed by atoms with Gasteiger partial charge in [-0.2, -0.15) is 11.3 Å². The maximum absolute atomic E-state index is 8.83. The van der Waals surface area contributed by atoms with Gasteiger partial charge in [0.25, 0.3) is 0 Å². The number of nitrogens with zero attached hydrogens (tertiary/aromatic N) is 2. The number of hydrogen-bond donors (Lipinski definition) is 1. The highest BCUT2D eigenvalue weighted by molar-refractivity contribution is 7.07. The number of aliphatic hydroxyl groups excluding tert-OH is 1. The molecule has 1 atom stereocenters. The Kier molecular flexibility index (Phi) is 4.98. The summed E-state index contributed by atoms with van der Waals surface area (Å²) >= 11 is 1.78. The van der Waals surface area contributed by atoms with Crippen molar-refractivity contribution >= 4 is 11.3 Å². The predicted octanol–water partition coefficient (Wildman–Crippen LogP) is 1.81. The molecule has 1 fully saturated rings. The molecule has 1 aromatic heterocycles. The summed E-state index contributed by atoms with van der Waals surface area (Å²) in [6, 6.07) is 2.77. The van der Waals surface area contributed by atoms with Crippen LogP contribution in [0.25, 0.3) is 0 Å². The first-order valence-electron chi connectivity index (χ1n) is 6.40. The van der Waals surface area contributed by atoms with Gasteiger partial charge in [-0.1, -0.05) is 0 Å². The number of piperazine rings is 1. The summed E-state index contributed by atoms with van der Waals surface area (Å²) in [5.74, 6) is 0. The van der Waals surface area contributed by atoms with Gasteiger partial charge in [0.15, 0.2) is 0 Å². The summed E-state index contributed by atoms with van der Waals surface area (Å²) in [6.45, 7) is 8.20. The number of rotatable bonds is 5. The molecule has 17 heavy (non-hydrogen) atoms. The zero-order chi connectivity index (χ0) is 12.1. The van der Waals surface area contributed by atoms with E-state index in [-0.39, 0.29) is 0 Å². The smallest absolute Gasteiger partial charge is 0.0443 e. The minimum Gasteiger partial charge on any atom is -0.396 e. The Labute approximate surface area is 108 Å². The molecule has 0 bridgehead atoms. The molecule has 2 heterocycles. The van der Waals surface area contributed by atoms with Gasteiger partial charge in [-0.05, 0) is 35.7 Å². The SMILES string of the molecule is CC(c1ccsc1)N1CCN(CCCO)CC1. The van der Waals surface area contributed by atoms with Crippen LogP contribution in [-0.4, -0.2) is 54.2 Å². The molecule has 1 aromatic rings. The molecule has 0 saturated carbocycles. The average Bonchev–Trinajstić information content (AvgIpc) is 2.90. The Bertz CT molecular complexity index is 307. The van der Waals surface area contributed by atoms with Crippen molar-refractivity contribution in [2.45, 2.75) is 19.4 Å². The lowest BCUT2D eigenvalue weighted by atomic mass is 10.1. The predicted molar refractivity (Wildman–Crippen MR) is 72.4 cm³/mol. The molecule has 1 N–H and O–H groups in total. The Morgan fingerprint density at radius 3 is 2.71 bits per heavy atom. The zero-order valence-corrected chi connectivity index (χ0v) is 11.3. The summed E-state index contributed by atoms with van der Waals surface area (Å²) in [7, 11) is 0. The van der Waals surface area contributed by atoms with Gasteiger partial charge in [0.2, 0.25) is 0 Å². The van der Waals surface area contributed by atoms with Crippen LogP contribution in [-0.2, 0) is 0 Å². The van der Waals surface area contributed by atoms with Gasteiger partial charge in [-0.3, -0.25) is 4.90 Å². The van der Waals surface area contributed by atoms with Crippen LogP contribution in [0.1, 0.15) is 24.9 Å². The maximum atomic E-state index is 8.83. The minimum atomic E-state index is 0.311. The Morgan fingerprint density at radius 1 is 1.35 bits per heavy atom. The van der Waals surface area contributed by atoms with E-state index in [0.29, 0.717) is 12.6 Å². The highest BCUT2D eigenvalue weighted by Crippen LogP contribution is 2.23. The van der Waals surface area contributed by atoms with Gasteiger partial charge in [0.05, 0.1) is 0 Å². The fraction of sp³-hybridized carbons (Fsp3) is 0.692. The van der Waals surface area contributed by atoms with E-state index in [4.69, 9.17) is 5.11 Å². The largest absolute Gasteiger partial charge is 0.396 e. The summed E-state index contributed by atoms with van der Waals surface area (Å²) in [4.78, 5) is 5.00. The standard InChI is InChI=1S/C13H22N2OS/c1-12(13-3-10-17-11-13)15-7-5-14(6-8-15)4-2-9-16/h3,10-12,16H,2,4-9H2,1H3. The van der Waals surface area contributed by atoms with E-state index in [1.807, 2.05) is 0 Å². The van der Waals surface area contributed by atoms with E-state index in [9.17, 15) is 0 Å². The summed E-state index contributed by atoms with van der Waals surface area (Å²) in [6.07, 6.45) is 0.903. The third-order valence-corrected chi connectivity index (χ3v) is 4.31. The summed E-state index contributed by atoms with van der Waals surface area (Å²) < 4.78 is 0. The number of aliphatic hydroxyl groups is 1. The summed E-state index contributed by atoms with van der Waals surface area (Å²) in [5.41, 5.74) is 1.44. The monoisotopic (exact) mass is 254 g/mol. The van der Waals surface area contributed by atoms with E-state index >= 15 is 0 Å². The van der Waals surface area contributed by atoms with E-state index in [0.717, 1.165) is 39.1 Å². The average molecular weight is 254 g/mol. The van der Waals surface area contributed by atoms with Crippen molar-refractivity contribution in [2.24, 2.45) is 0 Å². The first kappa shape index (κ1) is 13.0. The molecule has 0 radical (unpaired) electrons. The first-order valence-corrected chi connectivity index (χ1v) is 7.35. The molecule has 0 aliphatic carbocycles. The second-order valence-electron chi connectivity index (χ2n) is 4.69. The number of hydrogen-bond acceptors (Lipinski definition) is 4. The van der Waals surface area contributed by atoms with E-state index < -0.39 is 0 Å². The lowest BCUT2D eigenvalue weighted by Gasteiger charge is -2.37. The van der Waals surface area contributed by atoms with Crippen LogP contribution in [0.3, 0.4) is 0 Å². The van der Waals surface area contributed by atoms with Crippen LogP contribution in [0.4, 0.5) is 0 Å². The van der Waals surface area contributed by atoms with Crippen LogP contribution in [0.15, 0.2) is 16.8 Å². The Morgan fingerprint density at radius 2 is 2.12 bits per heavy atom. The van der Waals surface area contributed by atoms with Crippen molar-refractivity contribution in [1.82, 2.24) is 9.80 Å². The highest BCUT2D eigenvalue weighted by atomic mass is 32.1. The topological polar surface area (TPSA) is 26.7 Å². The van der Waals surface area contributed by atoms with Crippen LogP contribution in [0, 0.1) is 0 Å². The molecule has 4 heteroatoms. The van der Waals surface area contributed by atoms with Crippen molar-refractivity contribution in [3.8, 4) is 0 Å². The third kappa shape index (κ3) is 3.52. The number of thiophene rings is 1. The lowest BCUT2D eigenvalue weighted by molar-refractivity contribution is 0.0973. The molecule has 0 amide bonds. The quantitative estimate of drug-likeness (QED) is 0.868. The minimum absolute atomic E-state index is 0.311. The van der Waals surface area contributed by atoms with Crippen molar-refractivity contribution < 1.29 is 5.11 Å². The highest BCUT2D eigenvalue weighted by Gasteiger charge is 2.21. The van der Waals surface area contributed by atoms with Gasteiger partial charge >= 0.3 is 0 Å². The van der Waals surface area contributed by atoms with Crippen LogP contribution < -0.4 is 0 Å². The molecule has 2 rings (SSSR count). The van der Waals surface area contributed by atoms with Crippen molar-refractivity contribution in [3.05, 3.63) is 22.4 Å². The molecule has 0 spiro atoms. The van der Waals surface area contributed by atoms with Crippen molar-refractivity contribution in [3.63, 3.8) is 0 Å². The molecule has 0 aromatic carbocycles. The molecule has 1 saturated heterocycles. The van der Waals surface area contributed by atoms with Crippen molar-refractivity contribution in [2.75, 3.05) is 39.3 Å². The fourth-order valence-corrected chi connectivity index (χ4v) is 3.14. The van der Waals surface area contributed by atoms with Gasteiger partial charge in [0.1, 0.15) is 0 Å². The third-order valence-electron chi connectivity index (χ3n) is 3.61. The van der Waals surface area contributed by atoms with Gasteiger partial charge in [-0.15, -0.1) is 0 Å². The van der Waals surface area contributed by atoms with Crippen molar-refractivity contribution in [1.29, 1.82) is 0 Å². The molecule has 1 aliphatic heterocycles. The molecule has 96 valence electrons. The normalized spacial score (nSPS) is 20.6. The molecule has 1 unspecified atom stereocenters. The van der Waals surface area contributed by atoms with Crippen LogP contribution in [0.2, 0.25) is 0 Å². The van der Waals surface area contributed by atoms with E-state index in [1.165, 1.54) is 5.56 Å². The second kappa shape index (κ2) is 6.50. The fourth-order valence-electron chi connectivity index (χ4n) is 2.39. The van der Waals surface area contributed by atoms with Gasteiger partial charge in [-0.25, -0.2) is 0 Å². The molecule has 1 aliphatic rings. The lowest BCUT2D eigenvalue weighted by Crippen LogP contribution is -2.47. The molecular weight excluding hydrogens is 232 g/mol. The second-order valence-corrected chi connectivity index (χ2v) is 5.47. The zero-order valence-electron chi connectivity index (χ0n) is 10.5. The van der Waals surface area contributed by atoms with Gasteiger partial charge in [0, 0.05) is 45.4 Å². The van der Waals surface area contributed by atoms with Gasteiger partial charge < -0.3 is 10.0 Å². The van der Waals surface area contributed by atoms with Crippen LogP contribution >= 0.6 is 11.3 Å². The Balaban J connectivity index is 1.79. The van der Waals surface area contributed by atoms with E-state index in [1.54, 1.807) is 11.3 Å². The summed E-state index contributed by atoms with van der Waals surface area (Å²) in [5, 5.41) is 13.2.